The molecule has 0 N–H and O–H groups in total. The predicted octanol–water partition coefficient (Wildman–Crippen LogP) is 4.51. The summed E-state index contributed by atoms with van der Waals surface area (Å²) in [6, 6.07) is 2.81. The number of aromatic nitrogens is 2. The second kappa shape index (κ2) is 5.82. The normalized spacial score (nSPS) is 28.0. The maximum absolute atomic E-state index is 12.5. The largest absolute Gasteiger partial charge is 0.444 e. The van der Waals surface area contributed by atoms with Crippen molar-refractivity contribution in [1.29, 1.82) is 0 Å². The summed E-state index contributed by atoms with van der Waals surface area (Å²) in [4.78, 5) is 14.4. The second-order valence-electron chi connectivity index (χ2n) is 7.13. The maximum Gasteiger partial charge on any atom is 0.410 e. The highest BCUT2D eigenvalue weighted by Crippen LogP contribution is 2.42. The average molecular weight is 435 g/mol. The Balaban J connectivity index is 1.74. The number of ether oxygens (including phenoxy) is 1. The van der Waals surface area contributed by atoms with Gasteiger partial charge in [0.25, 0.3) is 0 Å². The molecule has 0 radical (unpaired) electrons. The lowest BCUT2D eigenvalue weighted by Crippen LogP contribution is -2.48. The Morgan fingerprint density at radius 3 is 2.27 bits per heavy atom. The first kappa shape index (κ1) is 16.3. The molecule has 22 heavy (non-hydrogen) atoms. The third-order valence-electron chi connectivity index (χ3n) is 4.32. The highest BCUT2D eigenvalue weighted by molar-refractivity contribution is 9.11. The molecular weight excluding hydrogens is 414 g/mol. The van der Waals surface area contributed by atoms with E-state index in [2.05, 4.69) is 37.0 Å². The van der Waals surface area contributed by atoms with Crippen LogP contribution in [0.2, 0.25) is 0 Å². The smallest absolute Gasteiger partial charge is 0.410 e. The molecule has 2 saturated heterocycles. The molecule has 0 spiro atoms. The minimum Gasteiger partial charge on any atom is -0.444 e. The first-order valence-corrected chi connectivity index (χ1v) is 9.25. The number of piperidine rings is 1. The Morgan fingerprint density at radius 2 is 1.82 bits per heavy atom. The van der Waals surface area contributed by atoms with Gasteiger partial charge in [0, 0.05) is 18.2 Å². The van der Waals surface area contributed by atoms with Crippen molar-refractivity contribution in [2.45, 2.75) is 70.2 Å². The van der Waals surface area contributed by atoms with Crippen LogP contribution in [0, 0.1) is 0 Å². The van der Waals surface area contributed by atoms with Crippen molar-refractivity contribution >= 4 is 38.0 Å². The third kappa shape index (κ3) is 3.20. The van der Waals surface area contributed by atoms with Crippen LogP contribution in [0.1, 0.15) is 52.5 Å². The second-order valence-corrected chi connectivity index (χ2v) is 8.76. The van der Waals surface area contributed by atoms with Gasteiger partial charge < -0.3 is 9.64 Å². The molecule has 1 amide bonds. The standard InChI is InChI=1S/C15H21Br2N3O2/c1-15(2,3)22-14(21)19-9-4-5-10(19)7-11(6-9)20-13(17)8-12(16)18-20/h8-11H,4-7H2,1-3H3/t9-,10+,11?. The molecule has 2 aliphatic heterocycles. The number of carbonyl (C=O) groups is 1. The first-order valence-electron chi connectivity index (χ1n) is 7.66. The molecule has 7 heteroatoms. The molecule has 122 valence electrons. The average Bonchev–Trinajstić information content (AvgIpc) is 2.84. The van der Waals surface area contributed by atoms with Crippen molar-refractivity contribution in [1.82, 2.24) is 14.7 Å². The van der Waals surface area contributed by atoms with Crippen LogP contribution in [0.25, 0.3) is 0 Å². The molecule has 2 aliphatic rings. The minimum atomic E-state index is -0.441. The predicted molar refractivity (Wildman–Crippen MR) is 90.8 cm³/mol. The van der Waals surface area contributed by atoms with Crippen molar-refractivity contribution in [3.05, 3.63) is 15.3 Å². The number of carbonyl (C=O) groups excluding carboxylic acids is 1. The minimum absolute atomic E-state index is 0.167. The molecular formula is C15H21Br2N3O2. The van der Waals surface area contributed by atoms with Gasteiger partial charge in [-0.2, -0.15) is 5.10 Å². The quantitative estimate of drug-likeness (QED) is 0.653. The van der Waals surface area contributed by atoms with Crippen LogP contribution in [0.4, 0.5) is 4.79 Å². The van der Waals surface area contributed by atoms with E-state index < -0.39 is 5.60 Å². The van der Waals surface area contributed by atoms with Gasteiger partial charge in [-0.3, -0.25) is 4.68 Å². The Hall–Kier alpha value is -0.560. The zero-order chi connectivity index (χ0) is 16.1. The van der Waals surface area contributed by atoms with Gasteiger partial charge in [0.15, 0.2) is 0 Å². The van der Waals surface area contributed by atoms with E-state index in [1.165, 1.54) is 0 Å². The van der Waals surface area contributed by atoms with E-state index in [-0.39, 0.29) is 18.2 Å². The van der Waals surface area contributed by atoms with E-state index in [0.29, 0.717) is 6.04 Å². The molecule has 2 bridgehead atoms. The summed E-state index contributed by atoms with van der Waals surface area (Å²) in [6.07, 6.45) is 3.81. The summed E-state index contributed by atoms with van der Waals surface area (Å²) >= 11 is 6.98. The van der Waals surface area contributed by atoms with E-state index in [1.807, 2.05) is 36.4 Å². The van der Waals surface area contributed by atoms with Crippen LogP contribution < -0.4 is 0 Å². The monoisotopic (exact) mass is 433 g/mol. The zero-order valence-corrected chi connectivity index (χ0v) is 16.2. The number of hydrogen-bond acceptors (Lipinski definition) is 3. The molecule has 1 aromatic rings. The summed E-state index contributed by atoms with van der Waals surface area (Å²) in [5.74, 6) is 0. The SMILES string of the molecule is CC(C)(C)OC(=O)N1[C@@H]2CC[C@H]1CC(n1nc(Br)cc1Br)C2. The van der Waals surface area contributed by atoms with Crippen LogP contribution in [0.15, 0.2) is 15.3 Å². The van der Waals surface area contributed by atoms with Crippen LogP contribution >= 0.6 is 31.9 Å². The summed E-state index contributed by atoms with van der Waals surface area (Å²) in [7, 11) is 0. The Morgan fingerprint density at radius 1 is 1.23 bits per heavy atom. The van der Waals surface area contributed by atoms with Crippen molar-refractivity contribution in [3.8, 4) is 0 Å². The van der Waals surface area contributed by atoms with E-state index in [9.17, 15) is 4.79 Å². The maximum atomic E-state index is 12.5. The van der Waals surface area contributed by atoms with E-state index in [1.54, 1.807) is 0 Å². The zero-order valence-electron chi connectivity index (χ0n) is 13.1. The summed E-state index contributed by atoms with van der Waals surface area (Å²) in [6.45, 7) is 5.74. The van der Waals surface area contributed by atoms with Gasteiger partial charge in [-0.05, 0) is 78.3 Å². The van der Waals surface area contributed by atoms with Crippen molar-refractivity contribution in [2.75, 3.05) is 0 Å². The number of nitrogens with zero attached hydrogens (tertiary/aromatic N) is 3. The molecule has 1 unspecified atom stereocenters. The van der Waals surface area contributed by atoms with E-state index in [4.69, 9.17) is 4.74 Å². The number of hydrogen-bond donors (Lipinski definition) is 0. The van der Waals surface area contributed by atoms with Gasteiger partial charge in [-0.1, -0.05) is 0 Å². The van der Waals surface area contributed by atoms with Gasteiger partial charge in [-0.15, -0.1) is 0 Å². The molecule has 3 atom stereocenters. The highest BCUT2D eigenvalue weighted by atomic mass is 79.9. The fraction of sp³-hybridized carbons (Fsp3) is 0.733. The molecule has 1 aromatic heterocycles. The van der Waals surface area contributed by atoms with Crippen LogP contribution in [0.5, 0.6) is 0 Å². The molecule has 0 aromatic carbocycles. The number of fused-ring (bicyclic) bond motifs is 2. The van der Waals surface area contributed by atoms with Crippen LogP contribution in [-0.2, 0) is 4.74 Å². The van der Waals surface area contributed by atoms with Gasteiger partial charge in [0.2, 0.25) is 0 Å². The molecule has 5 nitrogen and oxygen atoms in total. The van der Waals surface area contributed by atoms with Gasteiger partial charge in [0.05, 0.1) is 6.04 Å². The lowest BCUT2D eigenvalue weighted by Gasteiger charge is -2.39. The Labute approximate surface area is 147 Å². The van der Waals surface area contributed by atoms with Crippen molar-refractivity contribution < 1.29 is 9.53 Å². The van der Waals surface area contributed by atoms with Crippen LogP contribution in [0.3, 0.4) is 0 Å². The molecule has 0 aliphatic carbocycles. The van der Waals surface area contributed by atoms with Crippen molar-refractivity contribution in [3.63, 3.8) is 0 Å². The fourth-order valence-corrected chi connectivity index (χ4v) is 4.84. The topological polar surface area (TPSA) is 47.4 Å². The van der Waals surface area contributed by atoms with Gasteiger partial charge in [-0.25, -0.2) is 4.79 Å². The lowest BCUT2D eigenvalue weighted by molar-refractivity contribution is 0.00218. The third-order valence-corrected chi connectivity index (χ3v) is 5.30. The molecule has 2 fully saturated rings. The summed E-state index contributed by atoms with van der Waals surface area (Å²) < 4.78 is 9.42. The molecule has 3 heterocycles. The first-order chi connectivity index (χ1) is 10.2. The highest BCUT2D eigenvalue weighted by Gasteiger charge is 2.45. The van der Waals surface area contributed by atoms with Crippen LogP contribution in [-0.4, -0.2) is 38.5 Å². The number of halogens is 2. The van der Waals surface area contributed by atoms with E-state index >= 15 is 0 Å². The number of amides is 1. The fourth-order valence-electron chi connectivity index (χ4n) is 3.56. The molecule has 3 rings (SSSR count). The summed E-state index contributed by atoms with van der Waals surface area (Å²) in [5, 5.41) is 4.51. The van der Waals surface area contributed by atoms with Gasteiger partial charge in [0.1, 0.15) is 14.8 Å². The lowest BCUT2D eigenvalue weighted by atomic mass is 9.98. The Bertz CT molecular complexity index is 568. The summed E-state index contributed by atoms with van der Waals surface area (Å²) in [5.41, 5.74) is -0.441. The van der Waals surface area contributed by atoms with E-state index in [0.717, 1.165) is 34.9 Å². The Kier molecular flexibility index (Phi) is 4.31. The molecule has 0 saturated carbocycles. The van der Waals surface area contributed by atoms with Gasteiger partial charge >= 0.3 is 6.09 Å². The number of rotatable bonds is 1. The van der Waals surface area contributed by atoms with Crippen molar-refractivity contribution in [2.24, 2.45) is 0 Å².